The van der Waals surface area contributed by atoms with Gasteiger partial charge < -0.3 is 0 Å². The number of aromatic nitrogens is 4. The minimum atomic E-state index is 0.692. The Morgan fingerprint density at radius 2 is 1.82 bits per heavy atom. The van der Waals surface area contributed by atoms with Crippen molar-refractivity contribution in [3.8, 4) is 0 Å². The monoisotopic (exact) mass is 299 g/mol. The van der Waals surface area contributed by atoms with Crippen molar-refractivity contribution < 1.29 is 0 Å². The van der Waals surface area contributed by atoms with E-state index in [-0.39, 0.29) is 0 Å². The molecule has 0 bridgehead atoms. The lowest BCUT2D eigenvalue weighted by Crippen LogP contribution is -2.27. The first-order chi connectivity index (χ1) is 10.8. The smallest absolute Gasteiger partial charge is 0.165 e. The summed E-state index contributed by atoms with van der Waals surface area (Å²) in [7, 11) is 0. The number of rotatable bonds is 8. The van der Waals surface area contributed by atoms with Gasteiger partial charge in [-0.3, -0.25) is 4.90 Å². The first kappa shape index (κ1) is 15.2. The van der Waals surface area contributed by atoms with Crippen molar-refractivity contribution >= 4 is 0 Å². The molecule has 3 rings (SSSR count). The summed E-state index contributed by atoms with van der Waals surface area (Å²) < 4.78 is 1.94. The molecule has 5 heteroatoms. The average Bonchev–Trinajstić information content (AvgIpc) is 3.30. The molecule has 1 heterocycles. The van der Waals surface area contributed by atoms with Crippen molar-refractivity contribution in [3.63, 3.8) is 0 Å². The number of hydrogen-bond acceptors (Lipinski definition) is 4. The normalized spacial score (nSPS) is 14.7. The van der Waals surface area contributed by atoms with Gasteiger partial charge in [-0.05, 0) is 47.2 Å². The fraction of sp³-hybridized carbons (Fsp3) is 0.588. The van der Waals surface area contributed by atoms with Crippen LogP contribution in [0.2, 0.25) is 0 Å². The van der Waals surface area contributed by atoms with Gasteiger partial charge in [0.2, 0.25) is 0 Å². The Balaban J connectivity index is 1.68. The third-order valence-electron chi connectivity index (χ3n) is 4.27. The van der Waals surface area contributed by atoms with Crippen molar-refractivity contribution in [1.82, 2.24) is 25.1 Å². The lowest BCUT2D eigenvalue weighted by molar-refractivity contribution is 0.234. The van der Waals surface area contributed by atoms with Gasteiger partial charge in [0.05, 0.1) is 6.54 Å². The van der Waals surface area contributed by atoms with Crippen LogP contribution in [0.1, 0.15) is 50.1 Å². The van der Waals surface area contributed by atoms with Crippen molar-refractivity contribution in [2.24, 2.45) is 0 Å². The molecule has 0 aliphatic heterocycles. The maximum absolute atomic E-state index is 4.21. The molecule has 0 atom stereocenters. The van der Waals surface area contributed by atoms with Crippen LogP contribution in [0.5, 0.6) is 0 Å². The van der Waals surface area contributed by atoms with Crippen molar-refractivity contribution in [3.05, 3.63) is 41.2 Å². The zero-order valence-electron chi connectivity index (χ0n) is 13.6. The molecule has 1 fully saturated rings. The molecule has 1 aromatic carbocycles. The van der Waals surface area contributed by atoms with E-state index in [1.807, 2.05) is 4.68 Å². The Morgan fingerprint density at radius 3 is 2.45 bits per heavy atom. The van der Waals surface area contributed by atoms with Crippen molar-refractivity contribution in [1.29, 1.82) is 0 Å². The standard InChI is InChI=1S/C17H25N5/c1-3-11-22-17(18-19-20-22)13-21(16-9-10-16)12-15-7-5-14(4-2)6-8-15/h5-8,16H,3-4,9-13H2,1-2H3. The average molecular weight is 299 g/mol. The summed E-state index contributed by atoms with van der Waals surface area (Å²) in [5.74, 6) is 0.985. The van der Waals surface area contributed by atoms with Gasteiger partial charge in [-0.15, -0.1) is 5.10 Å². The summed E-state index contributed by atoms with van der Waals surface area (Å²) in [6.45, 7) is 7.06. The van der Waals surface area contributed by atoms with Gasteiger partial charge in [-0.1, -0.05) is 38.1 Å². The van der Waals surface area contributed by atoms with Crippen LogP contribution >= 0.6 is 0 Å². The quantitative estimate of drug-likeness (QED) is 0.752. The predicted molar refractivity (Wildman–Crippen MR) is 86.2 cm³/mol. The summed E-state index contributed by atoms with van der Waals surface area (Å²) in [5, 5.41) is 12.2. The highest BCUT2D eigenvalue weighted by molar-refractivity contribution is 5.22. The van der Waals surface area contributed by atoms with E-state index < -0.39 is 0 Å². The van der Waals surface area contributed by atoms with Gasteiger partial charge in [-0.25, -0.2) is 4.68 Å². The second kappa shape index (κ2) is 7.01. The van der Waals surface area contributed by atoms with Crippen LogP contribution in [0.25, 0.3) is 0 Å². The van der Waals surface area contributed by atoms with E-state index >= 15 is 0 Å². The summed E-state index contributed by atoms with van der Waals surface area (Å²) >= 11 is 0. The van der Waals surface area contributed by atoms with Crippen LogP contribution in [0.3, 0.4) is 0 Å². The minimum Gasteiger partial charge on any atom is -0.289 e. The highest BCUT2D eigenvalue weighted by Crippen LogP contribution is 2.29. The van der Waals surface area contributed by atoms with E-state index in [1.165, 1.54) is 24.0 Å². The van der Waals surface area contributed by atoms with Crippen LogP contribution in [0, 0.1) is 0 Å². The predicted octanol–water partition coefficient (Wildman–Crippen LogP) is 2.81. The molecule has 0 N–H and O–H groups in total. The van der Waals surface area contributed by atoms with E-state index in [1.54, 1.807) is 0 Å². The van der Waals surface area contributed by atoms with Gasteiger partial charge in [0.1, 0.15) is 0 Å². The molecule has 1 aliphatic carbocycles. The molecule has 5 nitrogen and oxygen atoms in total. The molecule has 0 saturated heterocycles. The first-order valence-corrected chi connectivity index (χ1v) is 8.37. The third-order valence-corrected chi connectivity index (χ3v) is 4.27. The SMILES string of the molecule is CCCn1nnnc1CN(Cc1ccc(CC)cc1)C1CC1. The second-order valence-electron chi connectivity index (χ2n) is 6.12. The number of aryl methyl sites for hydroxylation is 2. The fourth-order valence-electron chi connectivity index (χ4n) is 2.77. The minimum absolute atomic E-state index is 0.692. The maximum atomic E-state index is 4.21. The molecule has 1 aliphatic rings. The first-order valence-electron chi connectivity index (χ1n) is 8.37. The number of hydrogen-bond donors (Lipinski definition) is 0. The second-order valence-corrected chi connectivity index (χ2v) is 6.12. The van der Waals surface area contributed by atoms with Crippen LogP contribution in [-0.2, 0) is 26.1 Å². The highest BCUT2D eigenvalue weighted by atomic mass is 15.5. The Hall–Kier alpha value is -1.75. The van der Waals surface area contributed by atoms with Gasteiger partial charge in [0.25, 0.3) is 0 Å². The van der Waals surface area contributed by atoms with Crippen LogP contribution in [0.4, 0.5) is 0 Å². The number of tetrazole rings is 1. The molecule has 22 heavy (non-hydrogen) atoms. The van der Waals surface area contributed by atoms with E-state index in [2.05, 4.69) is 58.5 Å². The molecule has 0 unspecified atom stereocenters. The molecule has 2 aromatic rings. The highest BCUT2D eigenvalue weighted by Gasteiger charge is 2.30. The van der Waals surface area contributed by atoms with Crippen molar-refractivity contribution in [2.45, 2.75) is 65.2 Å². The van der Waals surface area contributed by atoms with Gasteiger partial charge in [0.15, 0.2) is 5.82 Å². The van der Waals surface area contributed by atoms with Crippen molar-refractivity contribution in [2.75, 3.05) is 0 Å². The van der Waals surface area contributed by atoms with E-state index in [0.29, 0.717) is 6.04 Å². The molecule has 1 aromatic heterocycles. The van der Waals surface area contributed by atoms with Gasteiger partial charge >= 0.3 is 0 Å². The van der Waals surface area contributed by atoms with E-state index in [4.69, 9.17) is 0 Å². The Bertz CT molecular complexity index is 585. The summed E-state index contributed by atoms with van der Waals surface area (Å²) in [6, 6.07) is 9.67. The third kappa shape index (κ3) is 3.71. The molecule has 1 saturated carbocycles. The number of benzene rings is 1. The van der Waals surface area contributed by atoms with E-state index in [9.17, 15) is 0 Å². The Morgan fingerprint density at radius 1 is 1.09 bits per heavy atom. The lowest BCUT2D eigenvalue weighted by Gasteiger charge is -2.21. The topological polar surface area (TPSA) is 46.8 Å². The summed E-state index contributed by atoms with van der Waals surface area (Å²) in [4.78, 5) is 2.51. The molecular weight excluding hydrogens is 274 g/mol. The molecular formula is C17H25N5. The Kier molecular flexibility index (Phi) is 4.83. The lowest BCUT2D eigenvalue weighted by atomic mass is 10.1. The van der Waals surface area contributed by atoms with Crippen LogP contribution in [0.15, 0.2) is 24.3 Å². The molecule has 118 valence electrons. The van der Waals surface area contributed by atoms with Gasteiger partial charge in [-0.2, -0.15) is 0 Å². The maximum Gasteiger partial charge on any atom is 0.165 e. The fourth-order valence-corrected chi connectivity index (χ4v) is 2.77. The largest absolute Gasteiger partial charge is 0.289 e. The van der Waals surface area contributed by atoms with E-state index in [0.717, 1.165) is 38.3 Å². The molecule has 0 spiro atoms. The van der Waals surface area contributed by atoms with Gasteiger partial charge in [0, 0.05) is 19.1 Å². The zero-order chi connectivity index (χ0) is 15.4. The molecule has 0 amide bonds. The Labute approximate surface area is 132 Å². The summed E-state index contributed by atoms with van der Waals surface area (Å²) in [5.41, 5.74) is 2.77. The summed E-state index contributed by atoms with van der Waals surface area (Å²) in [6.07, 6.45) is 4.74. The van der Waals surface area contributed by atoms with Crippen LogP contribution < -0.4 is 0 Å². The molecule has 0 radical (unpaired) electrons. The zero-order valence-corrected chi connectivity index (χ0v) is 13.6. The van der Waals surface area contributed by atoms with Crippen LogP contribution in [-0.4, -0.2) is 31.1 Å². The number of nitrogens with zero attached hydrogens (tertiary/aromatic N) is 5.